The number of allylic oxidation sites excluding steroid dienone is 3. The molecule has 4 aromatic rings. The van der Waals surface area contributed by atoms with E-state index >= 15 is 0 Å². The maximum Gasteiger partial charge on any atom is 0.261 e. The molecule has 0 radical (unpaired) electrons. The van der Waals surface area contributed by atoms with Gasteiger partial charge in [0.2, 0.25) is 5.91 Å². The Morgan fingerprint density at radius 1 is 0.973 bits per heavy atom. The highest BCUT2D eigenvalue weighted by molar-refractivity contribution is 7.92. The van der Waals surface area contributed by atoms with Crippen LogP contribution in [0.25, 0.3) is 27.7 Å². The van der Waals surface area contributed by atoms with Crippen molar-refractivity contribution in [1.82, 2.24) is 19.9 Å². The number of fused-ring (bicyclic) bond motifs is 1. The summed E-state index contributed by atoms with van der Waals surface area (Å²) >= 11 is 0. The van der Waals surface area contributed by atoms with E-state index in [1.165, 1.54) is 18.3 Å². The van der Waals surface area contributed by atoms with Crippen LogP contribution in [-0.4, -0.2) is 40.7 Å². The average Bonchev–Trinajstić information content (AvgIpc) is 2.89. The van der Waals surface area contributed by atoms with Crippen LogP contribution in [0.15, 0.2) is 109 Å². The van der Waals surface area contributed by atoms with Crippen molar-refractivity contribution in [2.45, 2.75) is 4.90 Å². The van der Waals surface area contributed by atoms with E-state index in [2.05, 4.69) is 21.3 Å². The third kappa shape index (κ3) is 5.24. The van der Waals surface area contributed by atoms with Crippen molar-refractivity contribution in [2.24, 2.45) is 5.73 Å². The van der Waals surface area contributed by atoms with Crippen molar-refractivity contribution in [3.05, 3.63) is 110 Å². The van der Waals surface area contributed by atoms with Crippen molar-refractivity contribution in [3.8, 4) is 11.1 Å². The quantitative estimate of drug-likeness (QED) is 0.387. The maximum absolute atomic E-state index is 12.7. The Bertz CT molecular complexity index is 1700. The van der Waals surface area contributed by atoms with Gasteiger partial charge in [0.25, 0.3) is 10.0 Å². The molecule has 184 valence electrons. The molecule has 1 aliphatic rings. The molecule has 0 unspecified atom stereocenters. The number of primary amides is 1. The normalized spacial score (nSPS) is 13.5. The lowest BCUT2D eigenvalue weighted by Gasteiger charge is -2.23. The van der Waals surface area contributed by atoms with Gasteiger partial charge >= 0.3 is 0 Å². The Hall–Kier alpha value is -4.83. The highest BCUT2D eigenvalue weighted by Crippen LogP contribution is 2.27. The number of amides is 1. The van der Waals surface area contributed by atoms with E-state index in [0.29, 0.717) is 33.7 Å². The lowest BCUT2D eigenvalue weighted by molar-refractivity contribution is -0.118. The van der Waals surface area contributed by atoms with Crippen LogP contribution in [0.1, 0.15) is 5.69 Å². The number of rotatable bonds is 7. The van der Waals surface area contributed by atoms with Crippen molar-refractivity contribution < 1.29 is 13.2 Å². The fourth-order valence-electron chi connectivity index (χ4n) is 3.84. The molecule has 1 aliphatic heterocycles. The molecule has 0 atom stereocenters. The van der Waals surface area contributed by atoms with Gasteiger partial charge in [-0.05, 0) is 48.0 Å². The third-order valence-electron chi connectivity index (χ3n) is 5.66. The van der Waals surface area contributed by atoms with E-state index in [-0.39, 0.29) is 11.4 Å². The molecular weight excluding hydrogens is 488 g/mol. The first kappa shape index (κ1) is 23.9. The lowest BCUT2D eigenvalue weighted by Crippen LogP contribution is -2.29. The topological polar surface area (TPSA) is 131 Å². The number of hydrogen-bond acceptors (Lipinski definition) is 7. The predicted molar refractivity (Wildman–Crippen MR) is 142 cm³/mol. The molecule has 37 heavy (non-hydrogen) atoms. The van der Waals surface area contributed by atoms with Gasteiger partial charge in [-0.15, -0.1) is 0 Å². The number of nitrogens with two attached hydrogens (primary N) is 1. The molecule has 3 heterocycles. The molecule has 0 saturated heterocycles. The van der Waals surface area contributed by atoms with Crippen LogP contribution in [0.2, 0.25) is 0 Å². The summed E-state index contributed by atoms with van der Waals surface area (Å²) in [6.45, 7) is 3.93. The SMILES string of the molecule is C=C1C=CC(c2cnc3ccc(-c4cncc(NS(=O)(=O)c5ccccc5)c4)cc3n2)=CN1CC(N)=O. The zero-order valence-corrected chi connectivity index (χ0v) is 20.4. The first-order valence-electron chi connectivity index (χ1n) is 11.2. The molecule has 1 amide bonds. The highest BCUT2D eigenvalue weighted by Gasteiger charge is 2.16. The molecule has 2 aromatic heterocycles. The first-order chi connectivity index (χ1) is 17.8. The fraction of sp³-hybridized carbons (Fsp3) is 0.0370. The van der Waals surface area contributed by atoms with Crippen molar-refractivity contribution >= 4 is 38.2 Å². The Labute approximate surface area is 213 Å². The second-order valence-electron chi connectivity index (χ2n) is 8.34. The Balaban J connectivity index is 1.45. The number of aromatic nitrogens is 3. The number of nitrogens with one attached hydrogen (secondary N) is 1. The molecule has 9 nitrogen and oxygen atoms in total. The number of anilines is 1. The smallest absolute Gasteiger partial charge is 0.261 e. The number of nitrogens with zero attached hydrogens (tertiary/aromatic N) is 4. The summed E-state index contributed by atoms with van der Waals surface area (Å²) in [5.74, 6) is -0.469. The predicted octanol–water partition coefficient (Wildman–Crippen LogP) is 3.70. The standard InChI is InChI=1S/C27H22N6O3S/c1-18-7-8-20(16-33(18)17-27(28)34)26-15-30-24-10-9-19(12-25(24)31-26)21-11-22(14-29-13-21)32-37(35,36)23-5-3-2-4-6-23/h2-16,32H,1,17H2,(H2,28,34). The fourth-order valence-corrected chi connectivity index (χ4v) is 4.89. The first-order valence-corrected chi connectivity index (χ1v) is 12.7. The van der Waals surface area contributed by atoms with Crippen LogP contribution in [-0.2, 0) is 14.8 Å². The van der Waals surface area contributed by atoms with Gasteiger partial charge in [-0.25, -0.2) is 13.4 Å². The van der Waals surface area contributed by atoms with Crippen LogP contribution in [0.5, 0.6) is 0 Å². The highest BCUT2D eigenvalue weighted by atomic mass is 32.2. The number of sulfonamides is 1. The third-order valence-corrected chi connectivity index (χ3v) is 7.06. The van der Waals surface area contributed by atoms with E-state index in [1.54, 1.807) is 53.8 Å². The monoisotopic (exact) mass is 510 g/mol. The van der Waals surface area contributed by atoms with Crippen molar-refractivity contribution in [2.75, 3.05) is 11.3 Å². The average molecular weight is 511 g/mol. The van der Waals surface area contributed by atoms with Crippen LogP contribution in [0.4, 0.5) is 5.69 Å². The zero-order valence-electron chi connectivity index (χ0n) is 19.6. The van der Waals surface area contributed by atoms with Gasteiger partial charge < -0.3 is 10.6 Å². The van der Waals surface area contributed by atoms with Gasteiger partial charge in [-0.3, -0.25) is 19.5 Å². The second kappa shape index (κ2) is 9.67. The van der Waals surface area contributed by atoms with Crippen LogP contribution in [0.3, 0.4) is 0 Å². The Morgan fingerprint density at radius 3 is 2.57 bits per heavy atom. The Morgan fingerprint density at radius 2 is 1.78 bits per heavy atom. The van der Waals surface area contributed by atoms with Gasteiger partial charge in [0, 0.05) is 29.2 Å². The maximum atomic E-state index is 12.7. The van der Waals surface area contributed by atoms with E-state index in [9.17, 15) is 13.2 Å². The van der Waals surface area contributed by atoms with Crippen molar-refractivity contribution in [1.29, 1.82) is 0 Å². The molecule has 2 aromatic carbocycles. The zero-order chi connectivity index (χ0) is 26.0. The minimum atomic E-state index is -3.75. The minimum absolute atomic E-state index is 0.00913. The van der Waals surface area contributed by atoms with Gasteiger partial charge in [-0.1, -0.05) is 30.8 Å². The number of benzene rings is 2. The summed E-state index contributed by atoms with van der Waals surface area (Å²) in [5.41, 5.74) is 10.6. The summed E-state index contributed by atoms with van der Waals surface area (Å²) in [5, 5.41) is 0. The molecule has 5 rings (SSSR count). The second-order valence-corrected chi connectivity index (χ2v) is 10.0. The van der Waals surface area contributed by atoms with E-state index < -0.39 is 15.9 Å². The minimum Gasteiger partial charge on any atom is -0.368 e. The van der Waals surface area contributed by atoms with E-state index in [4.69, 9.17) is 10.7 Å². The van der Waals surface area contributed by atoms with Crippen LogP contribution < -0.4 is 10.5 Å². The Kier molecular flexibility index (Phi) is 6.24. The number of carbonyl (C=O) groups excluding carboxylic acids is 1. The van der Waals surface area contributed by atoms with Gasteiger partial charge in [0.15, 0.2) is 0 Å². The molecule has 0 saturated carbocycles. The van der Waals surface area contributed by atoms with E-state index in [1.807, 2.05) is 24.3 Å². The summed E-state index contributed by atoms with van der Waals surface area (Å²) in [6, 6.07) is 15.4. The molecular formula is C27H22N6O3S. The number of carbonyl (C=O) groups is 1. The number of hydrogen-bond donors (Lipinski definition) is 2. The van der Waals surface area contributed by atoms with Gasteiger partial charge in [-0.2, -0.15) is 0 Å². The summed E-state index contributed by atoms with van der Waals surface area (Å²) < 4.78 is 28.0. The van der Waals surface area contributed by atoms with Crippen molar-refractivity contribution in [3.63, 3.8) is 0 Å². The summed E-state index contributed by atoms with van der Waals surface area (Å²) in [4.78, 5) is 26.7. The largest absolute Gasteiger partial charge is 0.368 e. The molecule has 3 N–H and O–H groups in total. The molecule has 0 bridgehead atoms. The number of pyridine rings is 1. The summed E-state index contributed by atoms with van der Waals surface area (Å²) in [6.07, 6.45) is 10.2. The summed E-state index contributed by atoms with van der Waals surface area (Å²) in [7, 11) is -3.75. The van der Waals surface area contributed by atoms with Crippen LogP contribution >= 0.6 is 0 Å². The van der Waals surface area contributed by atoms with Gasteiger partial charge in [0.05, 0.1) is 39.7 Å². The molecule has 10 heteroatoms. The van der Waals surface area contributed by atoms with Gasteiger partial charge in [0.1, 0.15) is 6.54 Å². The molecule has 0 spiro atoms. The van der Waals surface area contributed by atoms with E-state index in [0.717, 1.165) is 11.1 Å². The molecule has 0 fully saturated rings. The van der Waals surface area contributed by atoms with Crippen LogP contribution in [0, 0.1) is 0 Å². The lowest BCUT2D eigenvalue weighted by atomic mass is 10.1. The molecule has 0 aliphatic carbocycles.